The Bertz CT molecular complexity index is 1030. The molecular formula is C22H23F3N4O. The van der Waals surface area contributed by atoms with Gasteiger partial charge in [-0.15, -0.1) is 0 Å². The number of aromatic nitrogens is 2. The number of halogens is 3. The van der Waals surface area contributed by atoms with E-state index < -0.39 is 23.6 Å². The topological polar surface area (TPSA) is 44.5 Å². The molecule has 1 atom stereocenters. The Labute approximate surface area is 173 Å². The third-order valence-electron chi connectivity index (χ3n) is 5.51. The molecule has 5 nitrogen and oxygen atoms in total. The maximum Gasteiger partial charge on any atom is 0.146 e. The van der Waals surface area contributed by atoms with E-state index in [2.05, 4.69) is 4.98 Å². The summed E-state index contributed by atoms with van der Waals surface area (Å²) in [6, 6.07) is 8.25. The molecule has 1 aliphatic rings. The van der Waals surface area contributed by atoms with Gasteiger partial charge in [-0.2, -0.15) is 0 Å². The van der Waals surface area contributed by atoms with Crippen LogP contribution in [0.2, 0.25) is 0 Å². The van der Waals surface area contributed by atoms with Crippen molar-refractivity contribution in [2.75, 3.05) is 31.1 Å². The highest BCUT2D eigenvalue weighted by molar-refractivity contribution is 5.57. The molecule has 1 aliphatic heterocycles. The summed E-state index contributed by atoms with van der Waals surface area (Å²) in [5, 5.41) is 10.8. The van der Waals surface area contributed by atoms with Crippen LogP contribution >= 0.6 is 0 Å². The highest BCUT2D eigenvalue weighted by Gasteiger charge is 2.27. The fourth-order valence-corrected chi connectivity index (χ4v) is 3.89. The van der Waals surface area contributed by atoms with Gasteiger partial charge in [-0.1, -0.05) is 18.2 Å². The van der Waals surface area contributed by atoms with Crippen molar-refractivity contribution in [2.45, 2.75) is 12.6 Å². The van der Waals surface area contributed by atoms with E-state index in [1.54, 1.807) is 36.1 Å². The number of para-hydroxylation sites is 1. The first kappa shape index (κ1) is 20.4. The van der Waals surface area contributed by atoms with Crippen LogP contribution in [0, 0.1) is 17.5 Å². The number of piperazine rings is 1. The van der Waals surface area contributed by atoms with Crippen LogP contribution in [0.3, 0.4) is 0 Å². The number of imidazole rings is 1. The zero-order chi connectivity index (χ0) is 21.3. The molecule has 0 aliphatic carbocycles. The third-order valence-corrected chi connectivity index (χ3v) is 5.51. The summed E-state index contributed by atoms with van der Waals surface area (Å²) in [7, 11) is 1.78. The molecule has 158 valence electrons. The van der Waals surface area contributed by atoms with Gasteiger partial charge in [0.25, 0.3) is 0 Å². The molecule has 0 amide bonds. The summed E-state index contributed by atoms with van der Waals surface area (Å²) in [4.78, 5) is 8.12. The lowest BCUT2D eigenvalue weighted by Crippen LogP contribution is -2.46. The standard InChI is InChI=1S/C22H23F3N4O/c1-27-8-7-26-22(27)21(30)17-3-2-4-18(24)20(17)29-11-9-28(10-12-29)14-15-5-6-16(23)13-19(15)25/h2-8,13,21,30H,9-12,14H2,1H3. The van der Waals surface area contributed by atoms with Gasteiger partial charge < -0.3 is 14.6 Å². The molecule has 2 heterocycles. The number of nitrogens with zero attached hydrogens (tertiary/aromatic N) is 4. The van der Waals surface area contributed by atoms with Gasteiger partial charge in [-0.05, 0) is 12.1 Å². The zero-order valence-corrected chi connectivity index (χ0v) is 16.6. The molecule has 30 heavy (non-hydrogen) atoms. The molecule has 4 rings (SSSR count). The molecule has 1 saturated heterocycles. The average molecular weight is 416 g/mol. The maximum absolute atomic E-state index is 14.8. The number of aliphatic hydroxyl groups excluding tert-OH is 1. The largest absolute Gasteiger partial charge is 0.380 e. The molecule has 8 heteroatoms. The highest BCUT2D eigenvalue weighted by atomic mass is 19.1. The monoisotopic (exact) mass is 416 g/mol. The number of hydrogen-bond acceptors (Lipinski definition) is 4. The number of aryl methyl sites for hydroxylation is 1. The van der Waals surface area contributed by atoms with E-state index in [0.29, 0.717) is 55.4 Å². The van der Waals surface area contributed by atoms with E-state index in [1.165, 1.54) is 18.2 Å². The summed E-state index contributed by atoms with van der Waals surface area (Å²) in [5.74, 6) is -1.13. The Kier molecular flexibility index (Phi) is 5.78. The lowest BCUT2D eigenvalue weighted by Gasteiger charge is -2.37. The van der Waals surface area contributed by atoms with Crippen LogP contribution in [-0.2, 0) is 13.6 Å². The Morgan fingerprint density at radius 1 is 1.03 bits per heavy atom. The van der Waals surface area contributed by atoms with Crippen molar-refractivity contribution >= 4 is 5.69 Å². The van der Waals surface area contributed by atoms with Gasteiger partial charge in [0.05, 0.1) is 5.69 Å². The minimum atomic E-state index is -1.05. The van der Waals surface area contributed by atoms with Crippen LogP contribution in [0.25, 0.3) is 0 Å². The fraction of sp³-hybridized carbons (Fsp3) is 0.318. The number of hydrogen-bond donors (Lipinski definition) is 1. The van der Waals surface area contributed by atoms with E-state index in [9.17, 15) is 18.3 Å². The fourth-order valence-electron chi connectivity index (χ4n) is 3.89. The van der Waals surface area contributed by atoms with Crippen LogP contribution in [0.4, 0.5) is 18.9 Å². The van der Waals surface area contributed by atoms with Gasteiger partial charge in [-0.25, -0.2) is 18.2 Å². The van der Waals surface area contributed by atoms with E-state index in [1.807, 2.05) is 9.80 Å². The van der Waals surface area contributed by atoms with Crippen molar-refractivity contribution in [3.8, 4) is 0 Å². The van der Waals surface area contributed by atoms with Crippen LogP contribution in [0.15, 0.2) is 48.8 Å². The van der Waals surface area contributed by atoms with Crippen LogP contribution < -0.4 is 4.90 Å². The van der Waals surface area contributed by atoms with E-state index in [-0.39, 0.29) is 0 Å². The Balaban J connectivity index is 1.50. The minimum absolute atomic E-state index is 0.361. The summed E-state index contributed by atoms with van der Waals surface area (Å²) in [5.41, 5.74) is 1.25. The van der Waals surface area contributed by atoms with Crippen LogP contribution in [0.1, 0.15) is 23.1 Å². The predicted octanol–water partition coefficient (Wildman–Crippen LogP) is 3.24. The van der Waals surface area contributed by atoms with Crippen molar-refractivity contribution < 1.29 is 18.3 Å². The van der Waals surface area contributed by atoms with Gasteiger partial charge in [-0.3, -0.25) is 4.90 Å². The summed E-state index contributed by atoms with van der Waals surface area (Å²) >= 11 is 0. The first-order valence-corrected chi connectivity index (χ1v) is 9.79. The molecule has 0 saturated carbocycles. The number of anilines is 1. The van der Waals surface area contributed by atoms with Crippen LogP contribution in [-0.4, -0.2) is 45.7 Å². The molecular weight excluding hydrogens is 393 g/mol. The molecule has 1 fully saturated rings. The second-order valence-electron chi connectivity index (χ2n) is 7.48. The van der Waals surface area contributed by atoms with Gasteiger partial charge in [0.2, 0.25) is 0 Å². The summed E-state index contributed by atoms with van der Waals surface area (Å²) in [6.07, 6.45) is 2.26. The smallest absolute Gasteiger partial charge is 0.146 e. The van der Waals surface area contributed by atoms with E-state index in [0.717, 1.165) is 6.07 Å². The molecule has 2 aromatic carbocycles. The van der Waals surface area contributed by atoms with Crippen molar-refractivity contribution in [1.82, 2.24) is 14.5 Å². The molecule has 1 N–H and O–H groups in total. The molecule has 1 aromatic heterocycles. The first-order valence-electron chi connectivity index (χ1n) is 9.79. The molecule has 3 aromatic rings. The van der Waals surface area contributed by atoms with E-state index in [4.69, 9.17) is 0 Å². The number of benzene rings is 2. The lowest BCUT2D eigenvalue weighted by molar-refractivity contribution is 0.205. The highest BCUT2D eigenvalue weighted by Crippen LogP contribution is 2.33. The van der Waals surface area contributed by atoms with Crippen molar-refractivity contribution in [3.05, 3.63) is 83.2 Å². The number of rotatable bonds is 5. The van der Waals surface area contributed by atoms with Crippen molar-refractivity contribution in [1.29, 1.82) is 0 Å². The zero-order valence-electron chi connectivity index (χ0n) is 16.6. The maximum atomic E-state index is 14.8. The van der Waals surface area contributed by atoms with Gasteiger partial charge in [0.1, 0.15) is 29.4 Å². The molecule has 0 bridgehead atoms. The third kappa shape index (κ3) is 4.06. The average Bonchev–Trinajstić information content (AvgIpc) is 3.16. The van der Waals surface area contributed by atoms with Gasteiger partial charge in [0, 0.05) is 69.4 Å². The molecule has 0 radical (unpaired) electrons. The summed E-state index contributed by atoms with van der Waals surface area (Å²) < 4.78 is 43.6. The Morgan fingerprint density at radius 3 is 2.47 bits per heavy atom. The second-order valence-corrected chi connectivity index (χ2v) is 7.48. The van der Waals surface area contributed by atoms with Crippen molar-refractivity contribution in [2.24, 2.45) is 7.05 Å². The minimum Gasteiger partial charge on any atom is -0.380 e. The second kappa shape index (κ2) is 8.49. The van der Waals surface area contributed by atoms with Gasteiger partial charge >= 0.3 is 0 Å². The Hall–Kier alpha value is -2.84. The number of aliphatic hydroxyl groups is 1. The normalized spacial score (nSPS) is 16.1. The van der Waals surface area contributed by atoms with E-state index >= 15 is 0 Å². The quantitative estimate of drug-likeness (QED) is 0.694. The lowest BCUT2D eigenvalue weighted by atomic mass is 10.0. The van der Waals surface area contributed by atoms with Crippen LogP contribution in [0.5, 0.6) is 0 Å². The predicted molar refractivity (Wildman–Crippen MR) is 108 cm³/mol. The first-order chi connectivity index (χ1) is 14.4. The molecule has 1 unspecified atom stereocenters. The van der Waals surface area contributed by atoms with Gasteiger partial charge in [0.15, 0.2) is 0 Å². The summed E-state index contributed by atoms with van der Waals surface area (Å²) in [6.45, 7) is 2.57. The van der Waals surface area contributed by atoms with Crippen molar-refractivity contribution in [3.63, 3.8) is 0 Å². The molecule has 0 spiro atoms. The Morgan fingerprint density at radius 2 is 1.80 bits per heavy atom. The SMILES string of the molecule is Cn1ccnc1C(O)c1cccc(F)c1N1CCN(Cc2ccc(F)cc2F)CC1.